The molecule has 3 heterocycles. The van der Waals surface area contributed by atoms with Crippen molar-refractivity contribution in [3.63, 3.8) is 0 Å². The van der Waals surface area contributed by atoms with E-state index in [2.05, 4.69) is 49.7 Å². The van der Waals surface area contributed by atoms with Crippen molar-refractivity contribution in [3.8, 4) is 11.1 Å². The van der Waals surface area contributed by atoms with Crippen LogP contribution in [0.15, 0.2) is 123 Å². The fourth-order valence-electron chi connectivity index (χ4n) is 4.72. The smallest absolute Gasteiger partial charge is 0.464 e. The van der Waals surface area contributed by atoms with E-state index in [0.717, 1.165) is 33.0 Å². The molecule has 2 aromatic heterocycles. The summed E-state index contributed by atoms with van der Waals surface area (Å²) in [5.74, 6) is 0. The van der Waals surface area contributed by atoms with Crippen LogP contribution in [0.3, 0.4) is 0 Å². The molecular formula is C34H30BBrN2O8. The number of hydrogen-bond acceptors (Lipinski definition) is 8. The van der Waals surface area contributed by atoms with Gasteiger partial charge in [0.05, 0.1) is 43.6 Å². The molecule has 0 radical (unpaired) electrons. The normalized spacial score (nSPS) is 14.7. The Hall–Kier alpha value is -4.78. The maximum Gasteiger partial charge on any atom is 0.494 e. The van der Waals surface area contributed by atoms with Crippen molar-refractivity contribution in [1.82, 2.24) is 0 Å². The number of halogens is 1. The maximum absolute atomic E-state index is 11.0. The molecule has 0 saturated carbocycles. The molecule has 10 nitrogen and oxygen atoms in total. The lowest BCUT2D eigenvalue weighted by molar-refractivity contribution is -0.385. The highest BCUT2D eigenvalue weighted by molar-refractivity contribution is 9.10. The van der Waals surface area contributed by atoms with Gasteiger partial charge < -0.3 is 18.1 Å². The zero-order chi connectivity index (χ0) is 33.1. The van der Waals surface area contributed by atoms with Crippen LogP contribution in [0, 0.1) is 20.2 Å². The zero-order valence-corrected chi connectivity index (χ0v) is 27.1. The van der Waals surface area contributed by atoms with E-state index in [0.29, 0.717) is 10.0 Å². The average molecular weight is 685 g/mol. The van der Waals surface area contributed by atoms with Crippen LogP contribution in [0.5, 0.6) is 0 Å². The van der Waals surface area contributed by atoms with Crippen LogP contribution in [0.25, 0.3) is 33.1 Å². The minimum atomic E-state index is -0.427. The van der Waals surface area contributed by atoms with Gasteiger partial charge >= 0.3 is 7.12 Å². The van der Waals surface area contributed by atoms with Gasteiger partial charge in [-0.2, -0.15) is 0 Å². The fourth-order valence-corrected chi connectivity index (χ4v) is 5.15. The fraction of sp³-hybridized carbons (Fsp3) is 0.176. The zero-order valence-electron chi connectivity index (χ0n) is 25.5. The molecule has 0 atom stereocenters. The summed E-state index contributed by atoms with van der Waals surface area (Å²) in [4.78, 5) is 20.4. The number of nitrogens with zero attached hydrogens (tertiary/aromatic N) is 2. The van der Waals surface area contributed by atoms with Crippen LogP contribution in [-0.4, -0.2) is 28.2 Å². The lowest BCUT2D eigenvalue weighted by atomic mass is 9.79. The largest absolute Gasteiger partial charge is 0.494 e. The summed E-state index contributed by atoms with van der Waals surface area (Å²) in [6.07, 6.45) is 3.30. The molecule has 1 aliphatic rings. The van der Waals surface area contributed by atoms with Crippen LogP contribution >= 0.6 is 15.9 Å². The Balaban J connectivity index is 0.000000142. The predicted molar refractivity (Wildman–Crippen MR) is 181 cm³/mol. The average Bonchev–Trinajstić information content (AvgIpc) is 3.74. The summed E-state index contributed by atoms with van der Waals surface area (Å²) in [5, 5.41) is 23.2. The summed E-state index contributed by atoms with van der Waals surface area (Å²) in [7, 11) is -0.311. The standard InChI is InChI=1S/C14H17BO3.C14H9NO3.C6H4BrNO2/c1-13(2)14(3,4)18-15(17-13)11-5-6-12-10(9-11)7-8-16-12;16-15(17)13-4-2-1-3-12(13)10-5-6-14-11(9-10)7-8-18-14;7-5-3-1-2-4-6(5)8(9)10/h5-9H,1-4H3;1-9H;1-4H. The molecular weight excluding hydrogens is 655 g/mol. The summed E-state index contributed by atoms with van der Waals surface area (Å²) in [6, 6.07) is 28.5. The Morgan fingerprint density at radius 2 is 1.17 bits per heavy atom. The molecule has 7 rings (SSSR count). The van der Waals surface area contributed by atoms with Crippen LogP contribution in [0.2, 0.25) is 0 Å². The third-order valence-corrected chi connectivity index (χ3v) is 8.59. The second-order valence-corrected chi connectivity index (χ2v) is 12.3. The van der Waals surface area contributed by atoms with Gasteiger partial charge in [0.15, 0.2) is 0 Å². The second-order valence-electron chi connectivity index (χ2n) is 11.5. The lowest BCUT2D eigenvalue weighted by Crippen LogP contribution is -2.41. The highest BCUT2D eigenvalue weighted by Gasteiger charge is 2.51. The first kappa shape index (κ1) is 32.6. The van der Waals surface area contributed by atoms with Crippen LogP contribution in [0.1, 0.15) is 27.7 Å². The topological polar surface area (TPSA) is 131 Å². The lowest BCUT2D eigenvalue weighted by Gasteiger charge is -2.32. The number of fused-ring (bicyclic) bond motifs is 2. The number of furan rings is 2. The minimum absolute atomic E-state index is 0.0995. The molecule has 6 aromatic rings. The minimum Gasteiger partial charge on any atom is -0.464 e. The number of benzene rings is 4. The van der Waals surface area contributed by atoms with Gasteiger partial charge in [0.25, 0.3) is 11.4 Å². The molecule has 12 heteroatoms. The molecule has 0 bridgehead atoms. The van der Waals surface area contributed by atoms with E-state index in [1.54, 1.807) is 48.9 Å². The maximum atomic E-state index is 11.0. The third kappa shape index (κ3) is 7.04. The Bertz CT molecular complexity index is 2000. The molecule has 0 N–H and O–H groups in total. The van der Waals surface area contributed by atoms with Crippen molar-refractivity contribution in [1.29, 1.82) is 0 Å². The predicted octanol–water partition coefficient (Wildman–Crippen LogP) is 9.10. The van der Waals surface area contributed by atoms with E-state index in [9.17, 15) is 20.2 Å². The second kappa shape index (κ2) is 13.3. The molecule has 0 unspecified atom stereocenters. The summed E-state index contributed by atoms with van der Waals surface area (Å²) in [5.41, 5.74) is 3.73. The Morgan fingerprint density at radius 3 is 1.74 bits per heavy atom. The van der Waals surface area contributed by atoms with Gasteiger partial charge in [-0.3, -0.25) is 20.2 Å². The van der Waals surface area contributed by atoms with E-state index >= 15 is 0 Å². The SMILES string of the molecule is CC1(C)OB(c2ccc3occc3c2)OC1(C)C.O=[N+]([O-])c1ccccc1-c1ccc2occc2c1.O=[N+]([O-])c1ccccc1Br. The van der Waals surface area contributed by atoms with Gasteiger partial charge in [-0.25, -0.2) is 0 Å². The first-order chi connectivity index (χ1) is 21.9. The third-order valence-electron chi connectivity index (χ3n) is 7.92. The Labute approximate surface area is 273 Å². The molecule has 4 aromatic carbocycles. The first-order valence-electron chi connectivity index (χ1n) is 14.3. The molecule has 1 fully saturated rings. The molecule has 1 aliphatic heterocycles. The first-order valence-corrected chi connectivity index (χ1v) is 15.1. The van der Waals surface area contributed by atoms with Gasteiger partial charge in [-0.15, -0.1) is 0 Å². The summed E-state index contributed by atoms with van der Waals surface area (Å²) < 4.78 is 23.1. The monoisotopic (exact) mass is 684 g/mol. The van der Waals surface area contributed by atoms with Gasteiger partial charge in [-0.05, 0) is 97.1 Å². The number of rotatable bonds is 4. The highest BCUT2D eigenvalue weighted by atomic mass is 79.9. The van der Waals surface area contributed by atoms with Crippen molar-refractivity contribution >= 4 is 61.8 Å². The van der Waals surface area contributed by atoms with Crippen molar-refractivity contribution in [2.24, 2.45) is 0 Å². The summed E-state index contributed by atoms with van der Waals surface area (Å²) >= 11 is 3.06. The van der Waals surface area contributed by atoms with Gasteiger partial charge in [0, 0.05) is 22.9 Å². The Kier molecular flexibility index (Phi) is 9.43. The quantitative estimate of drug-likeness (QED) is 0.102. The molecule has 46 heavy (non-hydrogen) atoms. The highest BCUT2D eigenvalue weighted by Crippen LogP contribution is 2.37. The molecule has 1 saturated heterocycles. The van der Waals surface area contributed by atoms with E-state index in [1.807, 2.05) is 42.5 Å². The van der Waals surface area contributed by atoms with Crippen LogP contribution in [0.4, 0.5) is 11.4 Å². The summed E-state index contributed by atoms with van der Waals surface area (Å²) in [6.45, 7) is 8.24. The van der Waals surface area contributed by atoms with Crippen molar-refractivity contribution < 1.29 is 28.0 Å². The van der Waals surface area contributed by atoms with E-state index in [-0.39, 0.29) is 34.6 Å². The van der Waals surface area contributed by atoms with Crippen molar-refractivity contribution in [3.05, 3.63) is 134 Å². The van der Waals surface area contributed by atoms with E-state index in [4.69, 9.17) is 18.1 Å². The number of hydrogen-bond donors (Lipinski definition) is 0. The van der Waals surface area contributed by atoms with Gasteiger partial charge in [-0.1, -0.05) is 42.5 Å². The van der Waals surface area contributed by atoms with E-state index in [1.165, 1.54) is 12.1 Å². The van der Waals surface area contributed by atoms with Crippen molar-refractivity contribution in [2.75, 3.05) is 0 Å². The number of nitro benzene ring substituents is 2. The van der Waals surface area contributed by atoms with E-state index < -0.39 is 4.92 Å². The Morgan fingerprint density at radius 1 is 0.652 bits per heavy atom. The van der Waals surface area contributed by atoms with Crippen molar-refractivity contribution in [2.45, 2.75) is 38.9 Å². The van der Waals surface area contributed by atoms with Crippen LogP contribution in [-0.2, 0) is 9.31 Å². The molecule has 0 amide bonds. The van der Waals surface area contributed by atoms with Gasteiger partial charge in [0.1, 0.15) is 11.2 Å². The molecule has 0 spiro atoms. The number of para-hydroxylation sites is 2. The molecule has 234 valence electrons. The van der Waals surface area contributed by atoms with Gasteiger partial charge in [0.2, 0.25) is 0 Å². The molecule has 0 aliphatic carbocycles. The van der Waals surface area contributed by atoms with Crippen LogP contribution < -0.4 is 5.46 Å². The number of nitro groups is 2.